The molecule has 20 heavy (non-hydrogen) atoms. The van der Waals surface area contributed by atoms with Crippen molar-refractivity contribution in [2.24, 2.45) is 5.41 Å². The Morgan fingerprint density at radius 2 is 1.85 bits per heavy atom. The van der Waals surface area contributed by atoms with Crippen LogP contribution in [0.5, 0.6) is 0 Å². The largest absolute Gasteiger partial charge is 0.481 e. The molecule has 0 saturated heterocycles. The normalized spacial score (nSPS) is 17.4. The topological polar surface area (TPSA) is 66.8 Å². The van der Waals surface area contributed by atoms with E-state index >= 15 is 0 Å². The molecule has 1 rings (SSSR count). The first-order chi connectivity index (χ1) is 9.40. The summed E-state index contributed by atoms with van der Waals surface area (Å²) in [6.45, 7) is 5.03. The number of carboxylic acids is 1. The molecule has 0 atom stereocenters. The second-order valence-electron chi connectivity index (χ2n) is 6.13. The molecule has 0 heterocycles. The van der Waals surface area contributed by atoms with E-state index in [1.165, 1.54) is 0 Å². The van der Waals surface area contributed by atoms with Crippen molar-refractivity contribution in [3.8, 4) is 0 Å². The van der Waals surface area contributed by atoms with Crippen LogP contribution in [-0.4, -0.2) is 48.2 Å². The smallest absolute Gasteiger partial charge is 0.303 e. The zero-order valence-electron chi connectivity index (χ0n) is 12.9. The predicted molar refractivity (Wildman–Crippen MR) is 76.5 cm³/mol. The van der Waals surface area contributed by atoms with Crippen molar-refractivity contribution >= 4 is 11.9 Å². The number of amides is 1. The van der Waals surface area contributed by atoms with Crippen LogP contribution in [0.2, 0.25) is 0 Å². The van der Waals surface area contributed by atoms with E-state index in [0.29, 0.717) is 19.6 Å². The zero-order chi connectivity index (χ0) is 15.2. The molecule has 1 amide bonds. The molecule has 5 heteroatoms. The van der Waals surface area contributed by atoms with Crippen molar-refractivity contribution in [1.29, 1.82) is 0 Å². The number of rotatable bonds is 8. The van der Waals surface area contributed by atoms with Crippen molar-refractivity contribution < 1.29 is 19.4 Å². The third-order valence-electron chi connectivity index (χ3n) is 4.20. The van der Waals surface area contributed by atoms with Gasteiger partial charge in [-0.1, -0.05) is 12.8 Å². The van der Waals surface area contributed by atoms with Crippen LogP contribution in [-0.2, 0) is 14.3 Å². The summed E-state index contributed by atoms with van der Waals surface area (Å²) < 4.78 is 5.04. The molecule has 1 fully saturated rings. The number of aliphatic carboxylic acids is 1. The highest BCUT2D eigenvalue weighted by molar-refractivity contribution is 5.78. The van der Waals surface area contributed by atoms with Crippen molar-refractivity contribution in [1.82, 2.24) is 4.90 Å². The molecule has 0 aliphatic heterocycles. The Bertz CT molecular complexity index is 335. The molecule has 0 radical (unpaired) electrons. The van der Waals surface area contributed by atoms with E-state index in [0.717, 1.165) is 25.7 Å². The molecule has 116 valence electrons. The van der Waals surface area contributed by atoms with Crippen LogP contribution in [0.1, 0.15) is 52.4 Å². The van der Waals surface area contributed by atoms with Gasteiger partial charge in [-0.15, -0.1) is 0 Å². The Kier molecular flexibility index (Phi) is 6.46. The van der Waals surface area contributed by atoms with Gasteiger partial charge in [0, 0.05) is 26.1 Å². The van der Waals surface area contributed by atoms with Crippen LogP contribution in [0.25, 0.3) is 0 Å². The minimum Gasteiger partial charge on any atom is -0.481 e. The molecule has 0 aromatic rings. The number of carbonyl (C=O) groups excluding carboxylic acids is 1. The van der Waals surface area contributed by atoms with Gasteiger partial charge in [-0.2, -0.15) is 0 Å². The van der Waals surface area contributed by atoms with Gasteiger partial charge in [0.2, 0.25) is 5.91 Å². The van der Waals surface area contributed by atoms with Crippen LogP contribution < -0.4 is 0 Å². The third kappa shape index (κ3) is 4.78. The van der Waals surface area contributed by atoms with E-state index in [4.69, 9.17) is 9.84 Å². The lowest BCUT2D eigenvalue weighted by atomic mass is 9.79. The van der Waals surface area contributed by atoms with E-state index in [2.05, 4.69) is 0 Å². The fraction of sp³-hybridized carbons (Fsp3) is 0.867. The lowest BCUT2D eigenvalue weighted by molar-refractivity contribution is -0.142. The van der Waals surface area contributed by atoms with Gasteiger partial charge in [0.05, 0.1) is 13.0 Å². The quantitative estimate of drug-likeness (QED) is 0.743. The number of nitrogens with zero attached hydrogens (tertiary/aromatic N) is 1. The first-order valence-electron chi connectivity index (χ1n) is 7.40. The second-order valence-corrected chi connectivity index (χ2v) is 6.13. The Morgan fingerprint density at radius 3 is 2.30 bits per heavy atom. The summed E-state index contributed by atoms with van der Waals surface area (Å²) in [5, 5.41) is 9.10. The van der Waals surface area contributed by atoms with E-state index < -0.39 is 5.97 Å². The van der Waals surface area contributed by atoms with Gasteiger partial charge in [0.1, 0.15) is 0 Å². The van der Waals surface area contributed by atoms with Gasteiger partial charge < -0.3 is 14.7 Å². The van der Waals surface area contributed by atoms with Gasteiger partial charge in [0.25, 0.3) is 0 Å². The van der Waals surface area contributed by atoms with E-state index in [1.54, 1.807) is 12.0 Å². The highest BCUT2D eigenvalue weighted by Gasteiger charge is 2.39. The van der Waals surface area contributed by atoms with Crippen LogP contribution in [0.3, 0.4) is 0 Å². The van der Waals surface area contributed by atoms with Gasteiger partial charge >= 0.3 is 5.97 Å². The fourth-order valence-corrected chi connectivity index (χ4v) is 3.14. The summed E-state index contributed by atoms with van der Waals surface area (Å²) >= 11 is 0. The summed E-state index contributed by atoms with van der Waals surface area (Å²) in [7, 11) is 1.62. The fourth-order valence-electron chi connectivity index (χ4n) is 3.14. The molecule has 0 unspecified atom stereocenters. The summed E-state index contributed by atoms with van der Waals surface area (Å²) in [4.78, 5) is 25.4. The van der Waals surface area contributed by atoms with E-state index in [9.17, 15) is 9.59 Å². The molecule has 1 aliphatic rings. The molecule has 0 aromatic carbocycles. The highest BCUT2D eigenvalue weighted by Crippen LogP contribution is 2.44. The SMILES string of the molecule is COCCN(C(=O)CC1(CC(=O)O)CCCC1)C(C)C. The molecule has 0 spiro atoms. The molecule has 1 saturated carbocycles. The van der Waals surface area contributed by atoms with Crippen molar-refractivity contribution in [2.75, 3.05) is 20.3 Å². The van der Waals surface area contributed by atoms with Gasteiger partial charge in [0.15, 0.2) is 0 Å². The molecule has 0 bridgehead atoms. The third-order valence-corrected chi connectivity index (χ3v) is 4.20. The highest BCUT2D eigenvalue weighted by atomic mass is 16.5. The molecule has 1 N–H and O–H groups in total. The van der Waals surface area contributed by atoms with Gasteiger partial charge in [-0.05, 0) is 32.1 Å². The monoisotopic (exact) mass is 285 g/mol. The number of ether oxygens (including phenoxy) is 1. The number of hydrogen-bond acceptors (Lipinski definition) is 3. The maximum absolute atomic E-state index is 12.5. The number of carboxylic acid groups (broad SMARTS) is 1. The Balaban J connectivity index is 2.70. The minimum atomic E-state index is -0.798. The van der Waals surface area contributed by atoms with Crippen molar-refractivity contribution in [2.45, 2.75) is 58.4 Å². The average molecular weight is 285 g/mol. The van der Waals surface area contributed by atoms with Crippen LogP contribution in [0.15, 0.2) is 0 Å². The molecule has 1 aliphatic carbocycles. The number of methoxy groups -OCH3 is 1. The maximum Gasteiger partial charge on any atom is 0.303 e. The number of hydrogen-bond donors (Lipinski definition) is 1. The first-order valence-corrected chi connectivity index (χ1v) is 7.40. The van der Waals surface area contributed by atoms with Crippen LogP contribution >= 0.6 is 0 Å². The second kappa shape index (κ2) is 7.62. The van der Waals surface area contributed by atoms with Crippen molar-refractivity contribution in [3.63, 3.8) is 0 Å². The first kappa shape index (κ1) is 17.0. The predicted octanol–water partition coefficient (Wildman–Crippen LogP) is 2.29. The standard InChI is InChI=1S/C15H27NO4/c1-12(2)16(8-9-20-3)13(17)10-15(11-14(18)19)6-4-5-7-15/h12H,4-11H2,1-3H3,(H,18,19). The summed E-state index contributed by atoms with van der Waals surface area (Å²) in [6.07, 6.45) is 4.21. The van der Waals surface area contributed by atoms with E-state index in [1.807, 2.05) is 13.8 Å². The Labute approximate surface area is 121 Å². The number of carbonyl (C=O) groups is 2. The van der Waals surface area contributed by atoms with Gasteiger partial charge in [-0.3, -0.25) is 9.59 Å². The Hall–Kier alpha value is -1.10. The summed E-state index contributed by atoms with van der Waals surface area (Å²) in [6, 6.07) is 0.112. The molecule has 5 nitrogen and oxygen atoms in total. The lowest BCUT2D eigenvalue weighted by Gasteiger charge is -2.32. The average Bonchev–Trinajstić information content (AvgIpc) is 2.76. The van der Waals surface area contributed by atoms with Crippen LogP contribution in [0.4, 0.5) is 0 Å². The Morgan fingerprint density at radius 1 is 1.25 bits per heavy atom. The molecular formula is C15H27NO4. The van der Waals surface area contributed by atoms with Gasteiger partial charge in [-0.25, -0.2) is 0 Å². The molecule has 0 aromatic heterocycles. The van der Waals surface area contributed by atoms with Crippen LogP contribution in [0, 0.1) is 5.41 Å². The zero-order valence-corrected chi connectivity index (χ0v) is 12.9. The molecular weight excluding hydrogens is 258 g/mol. The maximum atomic E-state index is 12.5. The summed E-state index contributed by atoms with van der Waals surface area (Å²) in [5.41, 5.74) is -0.330. The van der Waals surface area contributed by atoms with E-state index in [-0.39, 0.29) is 23.8 Å². The van der Waals surface area contributed by atoms with Crippen molar-refractivity contribution in [3.05, 3.63) is 0 Å². The lowest BCUT2D eigenvalue weighted by Crippen LogP contribution is -2.42. The summed E-state index contributed by atoms with van der Waals surface area (Å²) in [5.74, 6) is -0.743. The minimum absolute atomic E-state index is 0.0557.